The lowest BCUT2D eigenvalue weighted by Gasteiger charge is -2.31. The van der Waals surface area contributed by atoms with Gasteiger partial charge in [-0.3, -0.25) is 4.90 Å². The van der Waals surface area contributed by atoms with E-state index in [0.29, 0.717) is 11.6 Å². The van der Waals surface area contributed by atoms with Crippen LogP contribution in [0.5, 0.6) is 0 Å². The zero-order chi connectivity index (χ0) is 20.9. The van der Waals surface area contributed by atoms with Crippen LogP contribution < -0.4 is 10.2 Å². The highest BCUT2D eigenvalue weighted by atomic mass is 32.1. The van der Waals surface area contributed by atoms with Gasteiger partial charge in [0.05, 0.1) is 17.6 Å². The number of nitrogens with zero attached hydrogens (tertiary/aromatic N) is 5. The van der Waals surface area contributed by atoms with E-state index >= 15 is 0 Å². The molecule has 7 heteroatoms. The fraction of sp³-hybridized carbons (Fsp3) is 0.348. The van der Waals surface area contributed by atoms with E-state index in [1.165, 1.54) is 16.9 Å². The van der Waals surface area contributed by atoms with Crippen LogP contribution in [0.4, 0.5) is 16.5 Å². The zero-order valence-electron chi connectivity index (χ0n) is 17.4. The number of thiazole rings is 1. The highest BCUT2D eigenvalue weighted by molar-refractivity contribution is 7.13. The molecule has 3 aromatic rings. The van der Waals surface area contributed by atoms with Crippen LogP contribution in [0.2, 0.25) is 0 Å². The minimum absolute atomic E-state index is 0.417. The summed E-state index contributed by atoms with van der Waals surface area (Å²) in [6, 6.07) is 14.4. The molecule has 6 nitrogen and oxygen atoms in total. The topological polar surface area (TPSA) is 68.1 Å². The molecule has 4 rings (SSSR count). The number of hydrogen-bond donors (Lipinski definition) is 1. The van der Waals surface area contributed by atoms with Crippen molar-refractivity contribution in [2.45, 2.75) is 25.3 Å². The Morgan fingerprint density at radius 3 is 2.57 bits per heavy atom. The average Bonchev–Trinajstić information content (AvgIpc) is 3.24. The molecule has 3 heterocycles. The number of anilines is 3. The quantitative estimate of drug-likeness (QED) is 0.631. The number of aromatic nitrogens is 2. The van der Waals surface area contributed by atoms with Crippen LogP contribution in [0.3, 0.4) is 0 Å². The van der Waals surface area contributed by atoms with Crippen LogP contribution in [0.1, 0.15) is 35.7 Å². The van der Waals surface area contributed by atoms with Gasteiger partial charge in [0.2, 0.25) is 0 Å². The first-order chi connectivity index (χ1) is 14.6. The Balaban J connectivity index is 1.29. The van der Waals surface area contributed by atoms with Crippen LogP contribution >= 0.6 is 11.3 Å². The molecule has 0 amide bonds. The van der Waals surface area contributed by atoms with Crippen molar-refractivity contribution in [1.82, 2.24) is 14.9 Å². The summed E-state index contributed by atoms with van der Waals surface area (Å²) >= 11 is 1.62. The Hall–Kier alpha value is -2.95. The summed E-state index contributed by atoms with van der Waals surface area (Å²) in [7, 11) is 4.14. The van der Waals surface area contributed by atoms with E-state index in [1.54, 1.807) is 23.6 Å². The maximum Gasteiger partial charge on any atom is 0.187 e. The normalized spacial score (nSPS) is 15.0. The third kappa shape index (κ3) is 4.96. The maximum atomic E-state index is 8.85. The van der Waals surface area contributed by atoms with E-state index in [4.69, 9.17) is 10.2 Å². The standard InChI is InChI=1S/C23H26N6S/c1-28(2)21-7-3-17(4-8-21)15-29-11-9-18(10-12-29)22-16-30-23(27-22)26-20-6-5-19(13-24)25-14-20/h3-8,14,16,18H,9-12,15H2,1-2H3,(H,26,27). The molecule has 1 N–H and O–H groups in total. The molecule has 1 aromatic carbocycles. The number of pyridine rings is 1. The van der Waals surface area contributed by atoms with Gasteiger partial charge in [-0.05, 0) is 55.8 Å². The molecule has 0 radical (unpaired) electrons. The number of likely N-dealkylation sites (tertiary alicyclic amines) is 1. The number of rotatable bonds is 6. The van der Waals surface area contributed by atoms with Gasteiger partial charge in [0, 0.05) is 37.6 Å². The number of hydrogen-bond acceptors (Lipinski definition) is 7. The van der Waals surface area contributed by atoms with Gasteiger partial charge in [0.15, 0.2) is 5.13 Å². The van der Waals surface area contributed by atoms with Crippen LogP contribution in [-0.4, -0.2) is 42.1 Å². The molecular weight excluding hydrogens is 392 g/mol. The van der Waals surface area contributed by atoms with Crippen LogP contribution in [-0.2, 0) is 6.54 Å². The molecule has 1 saturated heterocycles. The van der Waals surface area contributed by atoms with Gasteiger partial charge in [-0.25, -0.2) is 9.97 Å². The number of benzene rings is 1. The van der Waals surface area contributed by atoms with Crippen molar-refractivity contribution in [3.63, 3.8) is 0 Å². The largest absolute Gasteiger partial charge is 0.378 e. The van der Waals surface area contributed by atoms with Gasteiger partial charge in [0.25, 0.3) is 0 Å². The predicted octanol–water partition coefficient (Wildman–Crippen LogP) is 4.60. The molecule has 0 saturated carbocycles. The third-order valence-corrected chi connectivity index (χ3v) is 6.29. The second kappa shape index (κ2) is 9.24. The molecule has 0 atom stereocenters. The van der Waals surface area contributed by atoms with E-state index in [2.05, 4.69) is 63.8 Å². The molecular formula is C23H26N6S. The SMILES string of the molecule is CN(C)c1ccc(CN2CCC(c3csc(Nc4ccc(C#N)nc4)n3)CC2)cc1. The molecule has 1 fully saturated rings. The Labute approximate surface area is 181 Å². The van der Waals surface area contributed by atoms with Crippen molar-refractivity contribution in [1.29, 1.82) is 5.26 Å². The summed E-state index contributed by atoms with van der Waals surface area (Å²) in [6.07, 6.45) is 3.94. The molecule has 154 valence electrons. The number of nitriles is 1. The second-order valence-corrected chi connectivity index (χ2v) is 8.72. The summed E-state index contributed by atoms with van der Waals surface area (Å²) in [4.78, 5) is 13.6. The van der Waals surface area contributed by atoms with Crippen molar-refractivity contribution in [2.75, 3.05) is 37.4 Å². The summed E-state index contributed by atoms with van der Waals surface area (Å²) in [6.45, 7) is 3.20. The second-order valence-electron chi connectivity index (χ2n) is 7.86. The van der Waals surface area contributed by atoms with Crippen LogP contribution in [0.25, 0.3) is 0 Å². The van der Waals surface area contributed by atoms with Crippen LogP contribution in [0, 0.1) is 11.3 Å². The van der Waals surface area contributed by atoms with E-state index in [0.717, 1.165) is 43.3 Å². The lowest BCUT2D eigenvalue weighted by molar-refractivity contribution is 0.203. The predicted molar refractivity (Wildman–Crippen MR) is 122 cm³/mol. The lowest BCUT2D eigenvalue weighted by Crippen LogP contribution is -2.32. The molecule has 1 aliphatic rings. The highest BCUT2D eigenvalue weighted by Gasteiger charge is 2.22. The highest BCUT2D eigenvalue weighted by Crippen LogP contribution is 2.32. The van der Waals surface area contributed by atoms with Gasteiger partial charge in [-0.1, -0.05) is 12.1 Å². The minimum Gasteiger partial charge on any atom is -0.378 e. The summed E-state index contributed by atoms with van der Waals surface area (Å²) in [5.41, 5.74) is 5.06. The molecule has 1 aliphatic heterocycles. The molecule has 0 aliphatic carbocycles. The Morgan fingerprint density at radius 1 is 1.17 bits per heavy atom. The number of piperidine rings is 1. The molecule has 0 unspecified atom stereocenters. The van der Waals surface area contributed by atoms with E-state index in [1.807, 2.05) is 12.1 Å². The first-order valence-corrected chi connectivity index (χ1v) is 11.1. The maximum absolute atomic E-state index is 8.85. The van der Waals surface area contributed by atoms with Crippen molar-refractivity contribution >= 4 is 27.8 Å². The Kier molecular flexibility index (Phi) is 6.26. The van der Waals surface area contributed by atoms with Crippen molar-refractivity contribution in [3.05, 3.63) is 64.9 Å². The summed E-state index contributed by atoms with van der Waals surface area (Å²) < 4.78 is 0. The van der Waals surface area contributed by atoms with E-state index in [-0.39, 0.29) is 0 Å². The fourth-order valence-electron chi connectivity index (χ4n) is 3.73. The first kappa shape index (κ1) is 20.3. The lowest BCUT2D eigenvalue weighted by atomic mass is 9.94. The number of nitrogens with one attached hydrogen (secondary N) is 1. The summed E-state index contributed by atoms with van der Waals surface area (Å²) in [5, 5.41) is 15.2. The monoisotopic (exact) mass is 418 g/mol. The molecule has 0 bridgehead atoms. The molecule has 0 spiro atoms. The fourth-order valence-corrected chi connectivity index (χ4v) is 4.55. The van der Waals surface area contributed by atoms with Crippen molar-refractivity contribution < 1.29 is 0 Å². The van der Waals surface area contributed by atoms with Crippen molar-refractivity contribution in [2.24, 2.45) is 0 Å². The zero-order valence-corrected chi connectivity index (χ0v) is 18.2. The van der Waals surface area contributed by atoms with Gasteiger partial charge >= 0.3 is 0 Å². The van der Waals surface area contributed by atoms with E-state index in [9.17, 15) is 0 Å². The third-order valence-electron chi connectivity index (χ3n) is 5.52. The minimum atomic E-state index is 0.417. The first-order valence-electron chi connectivity index (χ1n) is 10.2. The average molecular weight is 419 g/mol. The van der Waals surface area contributed by atoms with Crippen LogP contribution in [0.15, 0.2) is 48.0 Å². The van der Waals surface area contributed by atoms with Gasteiger partial charge in [0.1, 0.15) is 11.8 Å². The molecule has 30 heavy (non-hydrogen) atoms. The van der Waals surface area contributed by atoms with E-state index < -0.39 is 0 Å². The van der Waals surface area contributed by atoms with Crippen molar-refractivity contribution in [3.8, 4) is 6.07 Å². The van der Waals surface area contributed by atoms with Gasteiger partial charge in [-0.15, -0.1) is 11.3 Å². The van der Waals surface area contributed by atoms with Gasteiger partial charge < -0.3 is 10.2 Å². The van der Waals surface area contributed by atoms with Gasteiger partial charge in [-0.2, -0.15) is 5.26 Å². The Bertz CT molecular complexity index is 995. The smallest absolute Gasteiger partial charge is 0.187 e. The molecule has 2 aromatic heterocycles. The Morgan fingerprint density at radius 2 is 1.93 bits per heavy atom. The summed E-state index contributed by atoms with van der Waals surface area (Å²) in [5.74, 6) is 0.517.